The lowest BCUT2D eigenvalue weighted by atomic mass is 10.1. The van der Waals surface area contributed by atoms with E-state index in [0.29, 0.717) is 16.9 Å². The van der Waals surface area contributed by atoms with Crippen LogP contribution in [0, 0.1) is 6.92 Å². The highest BCUT2D eigenvalue weighted by atomic mass is 16.2. The summed E-state index contributed by atoms with van der Waals surface area (Å²) in [4.78, 5) is 32.4. The highest BCUT2D eigenvalue weighted by Crippen LogP contribution is 2.24. The number of H-pyrrole nitrogens is 1. The van der Waals surface area contributed by atoms with Crippen LogP contribution in [0.3, 0.4) is 0 Å². The molecule has 0 fully saturated rings. The van der Waals surface area contributed by atoms with Gasteiger partial charge in [0.25, 0.3) is 5.56 Å². The number of amides is 1. The molecule has 0 saturated heterocycles. The quantitative estimate of drug-likeness (QED) is 0.562. The third kappa shape index (κ3) is 3.55. The van der Waals surface area contributed by atoms with E-state index in [1.807, 2.05) is 55.5 Å². The van der Waals surface area contributed by atoms with Crippen LogP contribution in [0.5, 0.6) is 0 Å². The molecule has 0 aliphatic heterocycles. The van der Waals surface area contributed by atoms with Crippen LogP contribution in [0.25, 0.3) is 22.0 Å². The second-order valence-corrected chi connectivity index (χ2v) is 6.51. The Balaban J connectivity index is 1.66. The molecule has 7 heteroatoms. The first-order valence-electron chi connectivity index (χ1n) is 8.94. The smallest absolute Gasteiger partial charge is 0.275 e. The largest absolute Gasteiger partial charge is 0.347 e. The zero-order valence-electron chi connectivity index (χ0n) is 15.3. The number of carbonyl (C=O) groups is 1. The number of fused-ring (bicyclic) bond motifs is 1. The number of carbonyl (C=O) groups excluding carboxylic acids is 1. The first-order chi connectivity index (χ1) is 13.6. The van der Waals surface area contributed by atoms with Gasteiger partial charge in [-0.3, -0.25) is 9.59 Å². The van der Waals surface area contributed by atoms with E-state index in [4.69, 9.17) is 0 Å². The minimum Gasteiger partial charge on any atom is -0.347 e. The topological polar surface area (TPSA) is 92.7 Å². The monoisotopic (exact) mass is 373 g/mol. The van der Waals surface area contributed by atoms with Gasteiger partial charge in [0.1, 0.15) is 12.4 Å². The fourth-order valence-electron chi connectivity index (χ4n) is 3.08. The van der Waals surface area contributed by atoms with Crippen molar-refractivity contribution in [1.29, 1.82) is 0 Å². The fourth-order valence-corrected chi connectivity index (χ4v) is 3.08. The maximum Gasteiger partial charge on any atom is 0.275 e. The maximum atomic E-state index is 12.8. The van der Waals surface area contributed by atoms with Gasteiger partial charge in [0.15, 0.2) is 0 Å². The third-order valence-electron chi connectivity index (χ3n) is 4.42. The number of nitrogens with zero attached hydrogens (tertiary/aromatic N) is 3. The van der Waals surface area contributed by atoms with E-state index in [1.165, 1.54) is 4.68 Å². The number of hydrogen-bond acceptors (Lipinski definition) is 4. The van der Waals surface area contributed by atoms with Crippen molar-refractivity contribution >= 4 is 16.7 Å². The second kappa shape index (κ2) is 7.48. The predicted octanol–water partition coefficient (Wildman–Crippen LogP) is 2.41. The average Bonchev–Trinajstić information content (AvgIpc) is 3.14. The molecule has 0 bridgehead atoms. The first-order valence-corrected chi connectivity index (χ1v) is 8.94. The Kier molecular flexibility index (Phi) is 4.72. The molecule has 0 unspecified atom stereocenters. The Labute approximate surface area is 161 Å². The standard InChI is InChI=1S/C21H19N5O2/c1-14-11-22-18(24-14)12-23-19(27)13-26-21(28)17-10-6-5-9-16(17)20(25-26)15-7-3-2-4-8-15/h2-11H,12-13H2,1H3,(H,22,24)(H,23,27). The van der Waals surface area contributed by atoms with Crippen LogP contribution in [0.15, 0.2) is 65.6 Å². The van der Waals surface area contributed by atoms with Gasteiger partial charge in [-0.2, -0.15) is 5.10 Å². The summed E-state index contributed by atoms with van der Waals surface area (Å²) in [7, 11) is 0. The zero-order valence-corrected chi connectivity index (χ0v) is 15.3. The van der Waals surface area contributed by atoms with E-state index < -0.39 is 0 Å². The first kappa shape index (κ1) is 17.7. The maximum absolute atomic E-state index is 12.8. The molecule has 2 aromatic heterocycles. The van der Waals surface area contributed by atoms with Gasteiger partial charge in [-0.1, -0.05) is 48.5 Å². The van der Waals surface area contributed by atoms with Gasteiger partial charge >= 0.3 is 0 Å². The normalized spacial score (nSPS) is 10.9. The van der Waals surface area contributed by atoms with Crippen molar-refractivity contribution in [3.63, 3.8) is 0 Å². The number of aromatic nitrogens is 4. The molecule has 2 heterocycles. The van der Waals surface area contributed by atoms with E-state index in [-0.39, 0.29) is 24.6 Å². The number of nitrogens with one attached hydrogen (secondary N) is 2. The van der Waals surface area contributed by atoms with Crippen molar-refractivity contribution in [2.45, 2.75) is 20.0 Å². The number of rotatable bonds is 5. The molecule has 4 aromatic rings. The van der Waals surface area contributed by atoms with Crippen LogP contribution in [0.2, 0.25) is 0 Å². The van der Waals surface area contributed by atoms with Crippen LogP contribution in [0.4, 0.5) is 0 Å². The molecular formula is C21H19N5O2. The Morgan fingerprint density at radius 1 is 1.07 bits per heavy atom. The van der Waals surface area contributed by atoms with E-state index >= 15 is 0 Å². The van der Waals surface area contributed by atoms with Gasteiger partial charge in [0, 0.05) is 22.8 Å². The van der Waals surface area contributed by atoms with Crippen LogP contribution >= 0.6 is 0 Å². The van der Waals surface area contributed by atoms with E-state index in [2.05, 4.69) is 20.4 Å². The molecule has 7 nitrogen and oxygen atoms in total. The summed E-state index contributed by atoms with van der Waals surface area (Å²) in [6.45, 7) is 1.99. The van der Waals surface area contributed by atoms with E-state index in [9.17, 15) is 9.59 Å². The minimum atomic E-state index is -0.307. The zero-order chi connectivity index (χ0) is 19.5. The van der Waals surface area contributed by atoms with Crippen molar-refractivity contribution in [3.8, 4) is 11.3 Å². The number of hydrogen-bond donors (Lipinski definition) is 2. The Bertz CT molecular complexity index is 1190. The predicted molar refractivity (Wildman–Crippen MR) is 107 cm³/mol. The van der Waals surface area contributed by atoms with Crippen LogP contribution in [0.1, 0.15) is 11.5 Å². The van der Waals surface area contributed by atoms with Crippen LogP contribution in [-0.2, 0) is 17.9 Å². The fraction of sp³-hybridized carbons (Fsp3) is 0.143. The summed E-state index contributed by atoms with van der Waals surface area (Å²) in [5.41, 5.74) is 2.19. The van der Waals surface area contributed by atoms with Crippen molar-refractivity contribution in [1.82, 2.24) is 25.1 Å². The summed E-state index contributed by atoms with van der Waals surface area (Å²) >= 11 is 0. The molecule has 0 saturated carbocycles. The van der Waals surface area contributed by atoms with Gasteiger partial charge in [0.2, 0.25) is 5.91 Å². The van der Waals surface area contributed by atoms with Crippen LogP contribution in [-0.4, -0.2) is 25.7 Å². The molecule has 0 spiro atoms. The molecule has 2 aromatic carbocycles. The highest BCUT2D eigenvalue weighted by molar-refractivity contribution is 5.93. The lowest BCUT2D eigenvalue weighted by molar-refractivity contribution is -0.122. The lowest BCUT2D eigenvalue weighted by Gasteiger charge is -2.11. The average molecular weight is 373 g/mol. The molecule has 28 heavy (non-hydrogen) atoms. The van der Waals surface area contributed by atoms with Crippen LogP contribution < -0.4 is 10.9 Å². The molecule has 0 aliphatic carbocycles. The summed E-state index contributed by atoms with van der Waals surface area (Å²) in [6.07, 6.45) is 1.70. The summed E-state index contributed by atoms with van der Waals surface area (Å²) in [6, 6.07) is 16.9. The number of imidazole rings is 1. The summed E-state index contributed by atoms with van der Waals surface area (Å²) in [5, 5.41) is 8.55. The number of benzene rings is 2. The van der Waals surface area contributed by atoms with E-state index in [0.717, 1.165) is 16.6 Å². The minimum absolute atomic E-state index is 0.164. The molecule has 2 N–H and O–H groups in total. The molecule has 140 valence electrons. The summed E-state index contributed by atoms with van der Waals surface area (Å²) < 4.78 is 1.22. The van der Waals surface area contributed by atoms with Gasteiger partial charge in [-0.25, -0.2) is 9.67 Å². The Morgan fingerprint density at radius 2 is 1.79 bits per heavy atom. The van der Waals surface area contributed by atoms with Crippen molar-refractivity contribution < 1.29 is 4.79 Å². The van der Waals surface area contributed by atoms with Gasteiger partial charge < -0.3 is 10.3 Å². The molecular weight excluding hydrogens is 354 g/mol. The highest BCUT2D eigenvalue weighted by Gasteiger charge is 2.14. The van der Waals surface area contributed by atoms with Gasteiger partial charge in [-0.15, -0.1) is 0 Å². The van der Waals surface area contributed by atoms with Gasteiger partial charge in [0.05, 0.1) is 17.6 Å². The molecule has 0 aliphatic rings. The Hall–Kier alpha value is -3.74. The number of aryl methyl sites for hydroxylation is 1. The summed E-state index contributed by atoms with van der Waals surface area (Å²) in [5.74, 6) is 0.354. The molecule has 1 amide bonds. The lowest BCUT2D eigenvalue weighted by Crippen LogP contribution is -2.34. The third-order valence-corrected chi connectivity index (χ3v) is 4.42. The van der Waals surface area contributed by atoms with Crippen molar-refractivity contribution in [2.24, 2.45) is 0 Å². The van der Waals surface area contributed by atoms with Gasteiger partial charge in [-0.05, 0) is 13.0 Å². The molecule has 0 radical (unpaired) electrons. The molecule has 0 atom stereocenters. The molecule has 4 rings (SSSR count). The Morgan fingerprint density at radius 3 is 2.50 bits per heavy atom. The SMILES string of the molecule is Cc1cnc(CNC(=O)Cn2nc(-c3ccccc3)c3ccccc3c2=O)[nH]1. The van der Waals surface area contributed by atoms with Crippen molar-refractivity contribution in [3.05, 3.63) is 82.7 Å². The van der Waals surface area contributed by atoms with E-state index in [1.54, 1.807) is 12.3 Å². The number of aromatic amines is 1. The second-order valence-electron chi connectivity index (χ2n) is 6.51. The van der Waals surface area contributed by atoms with Crippen molar-refractivity contribution in [2.75, 3.05) is 0 Å².